The van der Waals surface area contributed by atoms with Crippen molar-refractivity contribution >= 4 is 23.1 Å². The average molecular weight is 323 g/mol. The minimum absolute atomic E-state index is 0.172. The summed E-state index contributed by atoms with van der Waals surface area (Å²) in [5.74, 6) is -0.317. The van der Waals surface area contributed by atoms with E-state index in [1.807, 2.05) is 0 Å². The van der Waals surface area contributed by atoms with Crippen LogP contribution in [0.4, 0.5) is 5.95 Å². The van der Waals surface area contributed by atoms with E-state index in [0.29, 0.717) is 6.42 Å². The highest BCUT2D eigenvalue weighted by atomic mass is 32.2. The van der Waals surface area contributed by atoms with E-state index in [0.717, 1.165) is 11.4 Å². The van der Waals surface area contributed by atoms with Gasteiger partial charge in [-0.15, -0.1) is 0 Å². The Kier molecular flexibility index (Phi) is 3.81. The molecule has 0 aromatic carbocycles. The largest absolute Gasteiger partial charge is 0.760 e. The second-order valence-electron chi connectivity index (χ2n) is 5.38. The lowest BCUT2D eigenvalue weighted by atomic mass is 9.89. The van der Waals surface area contributed by atoms with Crippen LogP contribution in [0.5, 0.6) is 0 Å². The first-order valence-corrected chi connectivity index (χ1v) is 7.83. The number of nitrogens with one attached hydrogen (secondary N) is 2. The van der Waals surface area contributed by atoms with Gasteiger partial charge in [0.2, 0.25) is 5.95 Å². The molecule has 1 aromatic heterocycles. The summed E-state index contributed by atoms with van der Waals surface area (Å²) in [6, 6.07) is 1.14. The van der Waals surface area contributed by atoms with Crippen molar-refractivity contribution < 1.29 is 18.3 Å². The summed E-state index contributed by atoms with van der Waals surface area (Å²) >= 11 is -2.48. The second-order valence-corrected chi connectivity index (χ2v) is 6.08. The molecule has 0 radical (unpaired) electrons. The van der Waals surface area contributed by atoms with Gasteiger partial charge in [-0.1, -0.05) is 6.08 Å². The van der Waals surface area contributed by atoms with Crippen LogP contribution in [0.15, 0.2) is 18.2 Å². The molecule has 0 saturated carbocycles. The van der Waals surface area contributed by atoms with Gasteiger partial charge in [0.05, 0.1) is 12.1 Å². The Bertz CT molecular complexity index is 660. The first-order chi connectivity index (χ1) is 10.4. The molecule has 8 nitrogen and oxygen atoms in total. The minimum atomic E-state index is -2.48. The predicted octanol–water partition coefficient (Wildman–Crippen LogP) is -0.118. The summed E-state index contributed by atoms with van der Waals surface area (Å²) in [5, 5.41) is 2.61. The van der Waals surface area contributed by atoms with E-state index in [-0.39, 0.29) is 12.1 Å². The monoisotopic (exact) mass is 323 g/mol. The van der Waals surface area contributed by atoms with E-state index < -0.39 is 28.8 Å². The van der Waals surface area contributed by atoms with Gasteiger partial charge in [-0.2, -0.15) is 0 Å². The third-order valence-electron chi connectivity index (χ3n) is 3.69. The number of hydrogen-bond donors (Lipinski definition) is 2. The molecule has 2 aliphatic rings. The van der Waals surface area contributed by atoms with Crippen LogP contribution in [0.3, 0.4) is 0 Å². The van der Waals surface area contributed by atoms with Crippen LogP contribution in [-0.2, 0) is 20.8 Å². The average Bonchev–Trinajstić information content (AvgIpc) is 2.95. The van der Waals surface area contributed by atoms with Gasteiger partial charge >= 0.3 is 0 Å². The SMILES string of the molecule is Cc1cc(C)nc(NC(=O)C23C=CC(CC2NS(=O)[O-])O3)n1. The van der Waals surface area contributed by atoms with E-state index in [1.54, 1.807) is 32.1 Å². The van der Waals surface area contributed by atoms with Crippen molar-refractivity contribution in [3.8, 4) is 0 Å². The van der Waals surface area contributed by atoms with Crippen LogP contribution in [0.25, 0.3) is 0 Å². The fourth-order valence-corrected chi connectivity index (χ4v) is 3.34. The number of aryl methyl sites for hydroxylation is 2. The maximum atomic E-state index is 12.6. The molecule has 118 valence electrons. The Balaban J connectivity index is 1.83. The van der Waals surface area contributed by atoms with Crippen LogP contribution in [0.2, 0.25) is 0 Å². The highest BCUT2D eigenvalue weighted by Gasteiger charge is 2.55. The first kappa shape index (κ1) is 15.2. The van der Waals surface area contributed by atoms with Crippen LogP contribution >= 0.6 is 0 Å². The molecule has 4 atom stereocenters. The molecule has 0 aliphatic carbocycles. The van der Waals surface area contributed by atoms with Gasteiger partial charge in [0.25, 0.3) is 5.91 Å². The summed E-state index contributed by atoms with van der Waals surface area (Å²) < 4.78 is 29.8. The number of aromatic nitrogens is 2. The lowest BCUT2D eigenvalue weighted by Crippen LogP contribution is -2.54. The Morgan fingerprint density at radius 2 is 2.14 bits per heavy atom. The summed E-state index contributed by atoms with van der Waals surface area (Å²) in [4.78, 5) is 20.9. The number of carbonyl (C=O) groups is 1. The molecule has 2 aliphatic heterocycles. The molecule has 2 bridgehead atoms. The molecule has 4 unspecified atom stereocenters. The molecule has 1 amide bonds. The van der Waals surface area contributed by atoms with Gasteiger partial charge in [-0.05, 0) is 32.4 Å². The minimum Gasteiger partial charge on any atom is -0.760 e. The summed E-state index contributed by atoms with van der Waals surface area (Å²) in [6.07, 6.45) is 3.48. The lowest BCUT2D eigenvalue weighted by Gasteiger charge is -2.29. The number of hydrogen-bond acceptors (Lipinski definition) is 6. The first-order valence-electron chi connectivity index (χ1n) is 6.75. The highest BCUT2D eigenvalue weighted by molar-refractivity contribution is 7.77. The number of amides is 1. The fourth-order valence-electron chi connectivity index (χ4n) is 2.83. The molecule has 3 heterocycles. The zero-order valence-electron chi connectivity index (χ0n) is 12.0. The zero-order valence-corrected chi connectivity index (χ0v) is 12.8. The molecule has 9 heteroatoms. The Morgan fingerprint density at radius 1 is 1.45 bits per heavy atom. The van der Waals surface area contributed by atoms with Crippen molar-refractivity contribution in [3.63, 3.8) is 0 Å². The van der Waals surface area contributed by atoms with Crippen molar-refractivity contribution in [3.05, 3.63) is 29.6 Å². The van der Waals surface area contributed by atoms with E-state index in [1.165, 1.54) is 0 Å². The maximum absolute atomic E-state index is 12.6. The van der Waals surface area contributed by atoms with E-state index >= 15 is 0 Å². The molecule has 1 fully saturated rings. The van der Waals surface area contributed by atoms with Gasteiger partial charge in [0, 0.05) is 22.7 Å². The zero-order chi connectivity index (χ0) is 15.9. The van der Waals surface area contributed by atoms with Gasteiger partial charge in [-0.25, -0.2) is 14.7 Å². The second kappa shape index (κ2) is 5.51. The lowest BCUT2D eigenvalue weighted by molar-refractivity contribution is -0.132. The molecule has 22 heavy (non-hydrogen) atoms. The Labute approximate surface area is 129 Å². The van der Waals surface area contributed by atoms with Gasteiger partial charge in [-0.3, -0.25) is 14.3 Å². The molecular weight excluding hydrogens is 308 g/mol. The molecule has 0 spiro atoms. The molecular formula is C13H15N4O4S-. The summed E-state index contributed by atoms with van der Waals surface area (Å²) in [7, 11) is 0. The van der Waals surface area contributed by atoms with Gasteiger partial charge in [0.1, 0.15) is 0 Å². The summed E-state index contributed by atoms with van der Waals surface area (Å²) in [5.41, 5.74) is 0.0943. The van der Waals surface area contributed by atoms with Gasteiger partial charge < -0.3 is 9.29 Å². The number of ether oxygens (including phenoxy) is 1. The van der Waals surface area contributed by atoms with Crippen LogP contribution in [-0.4, -0.2) is 42.4 Å². The number of anilines is 1. The standard InChI is InChI=1S/C13H16N4O4S/c1-7-5-8(2)15-12(14-7)16-11(18)13-4-3-9(21-13)6-10(13)17-22(19)20/h3-5,9-10,17H,6H2,1-2H3,(H,19,20)(H,14,15,16,18)/p-1. The van der Waals surface area contributed by atoms with Crippen molar-refractivity contribution in [2.75, 3.05) is 5.32 Å². The van der Waals surface area contributed by atoms with Crippen LogP contribution in [0.1, 0.15) is 17.8 Å². The number of nitrogens with zero attached hydrogens (tertiary/aromatic N) is 2. The number of rotatable bonds is 4. The van der Waals surface area contributed by atoms with Crippen molar-refractivity contribution in [1.29, 1.82) is 0 Å². The Hall–Kier alpha value is -1.68. The molecule has 3 rings (SSSR count). The van der Waals surface area contributed by atoms with E-state index in [9.17, 15) is 13.6 Å². The quantitative estimate of drug-likeness (QED) is 0.589. The van der Waals surface area contributed by atoms with Crippen LogP contribution in [0, 0.1) is 13.8 Å². The summed E-state index contributed by atoms with van der Waals surface area (Å²) in [6.45, 7) is 3.59. The van der Waals surface area contributed by atoms with Crippen molar-refractivity contribution in [2.24, 2.45) is 0 Å². The number of fused-ring (bicyclic) bond motifs is 2. The van der Waals surface area contributed by atoms with E-state index in [2.05, 4.69) is 20.0 Å². The topological polar surface area (TPSA) is 116 Å². The highest BCUT2D eigenvalue weighted by Crippen LogP contribution is 2.39. The molecule has 2 N–H and O–H groups in total. The van der Waals surface area contributed by atoms with E-state index in [4.69, 9.17) is 4.74 Å². The Morgan fingerprint density at radius 3 is 2.73 bits per heavy atom. The number of carbonyl (C=O) groups excluding carboxylic acids is 1. The predicted molar refractivity (Wildman–Crippen MR) is 77.3 cm³/mol. The van der Waals surface area contributed by atoms with Crippen LogP contribution < -0.4 is 10.0 Å². The molecule has 1 aromatic rings. The fraction of sp³-hybridized carbons (Fsp3) is 0.462. The van der Waals surface area contributed by atoms with Crippen molar-refractivity contribution in [2.45, 2.75) is 38.0 Å². The van der Waals surface area contributed by atoms with Gasteiger partial charge in [0.15, 0.2) is 5.60 Å². The molecule has 1 saturated heterocycles. The van der Waals surface area contributed by atoms with Crippen molar-refractivity contribution in [1.82, 2.24) is 14.7 Å². The smallest absolute Gasteiger partial charge is 0.264 e. The maximum Gasteiger partial charge on any atom is 0.264 e. The third-order valence-corrected chi connectivity index (χ3v) is 4.17. The third kappa shape index (κ3) is 2.68. The normalized spacial score (nSPS) is 30.5.